The van der Waals surface area contributed by atoms with Gasteiger partial charge in [-0.2, -0.15) is 5.26 Å². The lowest BCUT2D eigenvalue weighted by Gasteiger charge is -2.36. The summed E-state index contributed by atoms with van der Waals surface area (Å²) in [7, 11) is 0. The number of hydrogen-bond acceptors (Lipinski definition) is 8. The molecule has 0 radical (unpaired) electrons. The second-order valence-electron chi connectivity index (χ2n) is 7.48. The Morgan fingerprint density at radius 3 is 2.75 bits per heavy atom. The Hall–Kier alpha value is -4.13. The van der Waals surface area contributed by atoms with Crippen LogP contribution >= 0.6 is 0 Å². The normalized spacial score (nSPS) is 18.1. The molecule has 0 spiro atoms. The number of hydrogen-bond donors (Lipinski definition) is 2. The second-order valence-corrected chi connectivity index (χ2v) is 7.48. The van der Waals surface area contributed by atoms with Gasteiger partial charge in [0.25, 0.3) is 5.91 Å². The number of alkyl halides is 1. The number of anilines is 2. The molecule has 4 heterocycles. The van der Waals surface area contributed by atoms with E-state index in [1.807, 2.05) is 11.0 Å². The monoisotopic (exact) mass is 432 g/mol. The molecule has 1 aliphatic rings. The second kappa shape index (κ2) is 9.34. The van der Waals surface area contributed by atoms with E-state index in [4.69, 9.17) is 11.0 Å². The van der Waals surface area contributed by atoms with Crippen molar-refractivity contribution in [3.8, 4) is 6.07 Å². The van der Waals surface area contributed by atoms with Crippen LogP contribution in [0.1, 0.15) is 33.7 Å². The first-order valence-electron chi connectivity index (χ1n) is 10.1. The summed E-state index contributed by atoms with van der Waals surface area (Å²) < 4.78 is 15.1. The summed E-state index contributed by atoms with van der Waals surface area (Å²) in [6.45, 7) is 0.709. The molecule has 3 N–H and O–H groups in total. The number of nitriles is 1. The number of amides is 1. The lowest BCUT2D eigenvalue weighted by molar-refractivity contribution is 0.100. The predicted octanol–water partition coefficient (Wildman–Crippen LogP) is 1.86. The molecule has 1 amide bonds. The smallest absolute Gasteiger partial charge is 0.252 e. The first kappa shape index (κ1) is 21.1. The van der Waals surface area contributed by atoms with E-state index in [0.29, 0.717) is 42.1 Å². The molecule has 2 atom stereocenters. The fourth-order valence-corrected chi connectivity index (χ4v) is 3.63. The number of primary amides is 1. The summed E-state index contributed by atoms with van der Waals surface area (Å²) in [5, 5.41) is 12.1. The molecule has 9 nitrogen and oxygen atoms in total. The van der Waals surface area contributed by atoms with E-state index < -0.39 is 18.1 Å². The molecule has 1 aliphatic heterocycles. The van der Waals surface area contributed by atoms with E-state index in [1.54, 1.807) is 36.8 Å². The van der Waals surface area contributed by atoms with Crippen molar-refractivity contribution in [3.05, 3.63) is 71.7 Å². The number of rotatable bonds is 6. The van der Waals surface area contributed by atoms with Crippen LogP contribution in [0.3, 0.4) is 0 Å². The van der Waals surface area contributed by atoms with Gasteiger partial charge in [-0.1, -0.05) is 0 Å². The zero-order valence-electron chi connectivity index (χ0n) is 17.1. The summed E-state index contributed by atoms with van der Waals surface area (Å²) in [5.41, 5.74) is 8.00. The number of piperidine rings is 1. The molecule has 0 unspecified atom stereocenters. The maximum atomic E-state index is 15.1. The first-order valence-corrected chi connectivity index (χ1v) is 10.1. The number of carbonyl (C=O) groups excluding carboxylic acids is 1. The molecule has 0 bridgehead atoms. The van der Waals surface area contributed by atoms with Crippen LogP contribution < -0.4 is 16.0 Å². The number of pyridine rings is 2. The first-order chi connectivity index (χ1) is 15.5. The number of aromatic nitrogens is 4. The Bertz CT molecular complexity index is 1130. The zero-order valence-corrected chi connectivity index (χ0v) is 17.1. The van der Waals surface area contributed by atoms with E-state index in [9.17, 15) is 4.79 Å². The van der Waals surface area contributed by atoms with Crippen molar-refractivity contribution in [1.29, 1.82) is 5.26 Å². The fraction of sp³-hybridized carbons (Fsp3) is 0.273. The van der Waals surface area contributed by atoms with Gasteiger partial charge in [-0.15, -0.1) is 0 Å². The molecule has 4 rings (SSSR count). The van der Waals surface area contributed by atoms with Gasteiger partial charge in [0.2, 0.25) is 0 Å². The minimum Gasteiger partial charge on any atom is -0.378 e. The quantitative estimate of drug-likeness (QED) is 0.603. The third-order valence-electron chi connectivity index (χ3n) is 5.29. The van der Waals surface area contributed by atoms with Crippen LogP contribution in [0, 0.1) is 11.3 Å². The van der Waals surface area contributed by atoms with Crippen molar-refractivity contribution in [1.82, 2.24) is 19.9 Å². The summed E-state index contributed by atoms with van der Waals surface area (Å²) in [6, 6.07) is 6.59. The predicted molar refractivity (Wildman–Crippen MR) is 116 cm³/mol. The number of nitrogens with one attached hydrogen (secondary N) is 1. The van der Waals surface area contributed by atoms with Crippen molar-refractivity contribution >= 4 is 17.4 Å². The number of nitrogens with zero attached hydrogens (tertiary/aromatic N) is 6. The molecule has 3 aromatic rings. The lowest BCUT2D eigenvalue weighted by Crippen LogP contribution is -2.48. The van der Waals surface area contributed by atoms with Crippen LogP contribution in [0.5, 0.6) is 0 Å². The molecule has 1 fully saturated rings. The molecule has 10 heteroatoms. The molecule has 3 aromatic heterocycles. The standard InChI is InChI=1S/C22H21FN8O/c23-18-13-31(21-2-1-14(9-24)10-29-21)6-3-19(18)30-20-8-15(28-12-17(20)22(25)32)7-16-11-26-4-5-27-16/h1-2,4-5,8,10-12,18-19H,3,6-7,13H2,(H2,25,32)(H,28,30)/t18-,19+/m0/s1. The maximum absolute atomic E-state index is 15.1. The molecular weight excluding hydrogens is 411 g/mol. The number of carbonyl (C=O) groups is 1. The highest BCUT2D eigenvalue weighted by atomic mass is 19.1. The highest BCUT2D eigenvalue weighted by Gasteiger charge is 2.30. The van der Waals surface area contributed by atoms with E-state index in [-0.39, 0.29) is 12.1 Å². The van der Waals surface area contributed by atoms with Gasteiger partial charge in [0.15, 0.2) is 0 Å². The van der Waals surface area contributed by atoms with Crippen molar-refractivity contribution < 1.29 is 9.18 Å². The van der Waals surface area contributed by atoms with Crippen LogP contribution in [0.4, 0.5) is 15.9 Å². The minimum absolute atomic E-state index is 0.139. The van der Waals surface area contributed by atoms with Gasteiger partial charge in [0, 0.05) is 49.6 Å². The van der Waals surface area contributed by atoms with Crippen LogP contribution in [-0.2, 0) is 6.42 Å². The average Bonchev–Trinajstić information content (AvgIpc) is 2.81. The van der Waals surface area contributed by atoms with E-state index in [0.717, 1.165) is 5.69 Å². The van der Waals surface area contributed by atoms with Crippen LogP contribution in [-0.4, -0.2) is 51.1 Å². The highest BCUT2D eigenvalue weighted by molar-refractivity contribution is 5.98. The van der Waals surface area contributed by atoms with Gasteiger partial charge < -0.3 is 16.0 Å². The third kappa shape index (κ3) is 4.78. The van der Waals surface area contributed by atoms with E-state index in [2.05, 4.69) is 25.3 Å². The molecule has 0 aliphatic carbocycles. The van der Waals surface area contributed by atoms with Gasteiger partial charge in [-0.25, -0.2) is 9.37 Å². The minimum atomic E-state index is -1.21. The van der Waals surface area contributed by atoms with E-state index >= 15 is 4.39 Å². The Balaban J connectivity index is 1.48. The Kier molecular flexibility index (Phi) is 6.17. The van der Waals surface area contributed by atoms with Gasteiger partial charge in [0.05, 0.1) is 35.1 Å². The molecule has 1 saturated heterocycles. The molecule has 0 aromatic carbocycles. The van der Waals surface area contributed by atoms with Gasteiger partial charge in [0.1, 0.15) is 18.1 Å². The highest BCUT2D eigenvalue weighted by Crippen LogP contribution is 2.25. The third-order valence-corrected chi connectivity index (χ3v) is 5.29. The maximum Gasteiger partial charge on any atom is 0.252 e. The molecule has 0 saturated carbocycles. The zero-order chi connectivity index (χ0) is 22.5. The van der Waals surface area contributed by atoms with Crippen molar-refractivity contribution in [3.63, 3.8) is 0 Å². The summed E-state index contributed by atoms with van der Waals surface area (Å²) in [4.78, 5) is 30.5. The average molecular weight is 432 g/mol. The SMILES string of the molecule is N#Cc1ccc(N2CC[C@@H](Nc3cc(Cc4cnccn4)ncc3C(N)=O)[C@@H](F)C2)nc1. The largest absolute Gasteiger partial charge is 0.378 e. The topological polar surface area (TPSA) is 134 Å². The van der Waals surface area contributed by atoms with Crippen LogP contribution in [0.15, 0.2) is 49.2 Å². The summed E-state index contributed by atoms with van der Waals surface area (Å²) >= 11 is 0. The molecule has 162 valence electrons. The van der Waals surface area contributed by atoms with Crippen LogP contribution in [0.2, 0.25) is 0 Å². The summed E-state index contributed by atoms with van der Waals surface area (Å²) in [6.07, 6.45) is 7.39. The lowest BCUT2D eigenvalue weighted by atomic mass is 10.0. The van der Waals surface area contributed by atoms with Crippen LogP contribution in [0.25, 0.3) is 0 Å². The Morgan fingerprint density at radius 2 is 2.09 bits per heavy atom. The summed E-state index contributed by atoms with van der Waals surface area (Å²) in [5.74, 6) is -0.0150. The molecule has 32 heavy (non-hydrogen) atoms. The Morgan fingerprint density at radius 1 is 1.22 bits per heavy atom. The number of nitrogens with two attached hydrogens (primary N) is 1. The number of halogens is 1. The fourth-order valence-electron chi connectivity index (χ4n) is 3.63. The van der Waals surface area contributed by atoms with Crippen molar-refractivity contribution in [2.45, 2.75) is 25.1 Å². The van der Waals surface area contributed by atoms with E-state index in [1.165, 1.54) is 12.4 Å². The van der Waals surface area contributed by atoms with Gasteiger partial charge in [-0.3, -0.25) is 19.7 Å². The Labute approximate surface area is 184 Å². The molecular formula is C22H21FN8O. The van der Waals surface area contributed by atoms with Gasteiger partial charge in [-0.05, 0) is 24.6 Å². The van der Waals surface area contributed by atoms with Crippen molar-refractivity contribution in [2.24, 2.45) is 5.73 Å². The van der Waals surface area contributed by atoms with Gasteiger partial charge >= 0.3 is 0 Å². The van der Waals surface area contributed by atoms with Crippen molar-refractivity contribution in [2.75, 3.05) is 23.3 Å².